The van der Waals surface area contributed by atoms with Gasteiger partial charge in [-0.3, -0.25) is 9.89 Å². The lowest BCUT2D eigenvalue weighted by Crippen LogP contribution is -2.52. The third-order valence-corrected chi connectivity index (χ3v) is 4.71. The van der Waals surface area contributed by atoms with Crippen LogP contribution in [0.5, 0.6) is 0 Å². The van der Waals surface area contributed by atoms with E-state index in [0.29, 0.717) is 12.2 Å². The van der Waals surface area contributed by atoms with E-state index in [-0.39, 0.29) is 29.8 Å². The van der Waals surface area contributed by atoms with Gasteiger partial charge < -0.3 is 19.6 Å². The van der Waals surface area contributed by atoms with Crippen molar-refractivity contribution in [3.63, 3.8) is 0 Å². The van der Waals surface area contributed by atoms with Gasteiger partial charge in [-0.05, 0) is 17.7 Å². The van der Waals surface area contributed by atoms with Gasteiger partial charge in [-0.25, -0.2) is 4.39 Å². The molecule has 1 aromatic carbocycles. The second-order valence-electron chi connectivity index (χ2n) is 6.83. The van der Waals surface area contributed by atoms with Crippen molar-refractivity contribution in [1.29, 1.82) is 0 Å². The fourth-order valence-corrected chi connectivity index (χ4v) is 3.20. The third-order valence-electron chi connectivity index (χ3n) is 4.71. The molecule has 1 saturated heterocycles. The van der Waals surface area contributed by atoms with Crippen LogP contribution in [0.15, 0.2) is 40.0 Å². The average Bonchev–Trinajstić information content (AvgIpc) is 3.16. The van der Waals surface area contributed by atoms with Crippen LogP contribution < -0.4 is 10.2 Å². The molecule has 1 aliphatic rings. The summed E-state index contributed by atoms with van der Waals surface area (Å²) in [6.07, 6.45) is 1.60. The number of piperazine rings is 1. The molecule has 2 heterocycles. The number of nitrogens with one attached hydrogen (secondary N) is 1. The molecular formula is C19H28FIN6O. The van der Waals surface area contributed by atoms with Gasteiger partial charge in [0.2, 0.25) is 0 Å². The van der Waals surface area contributed by atoms with Crippen LogP contribution in [0.25, 0.3) is 0 Å². The summed E-state index contributed by atoms with van der Waals surface area (Å²) in [6, 6.07) is 7.21. The molecule has 0 saturated carbocycles. The van der Waals surface area contributed by atoms with E-state index in [0.717, 1.165) is 49.9 Å². The summed E-state index contributed by atoms with van der Waals surface area (Å²) in [7, 11) is 5.45. The molecule has 0 atom stereocenters. The fraction of sp³-hybridized carbons (Fsp3) is 0.474. The Kier molecular flexibility index (Phi) is 8.49. The Morgan fingerprint density at radius 2 is 2.00 bits per heavy atom. The van der Waals surface area contributed by atoms with Crippen LogP contribution in [0.3, 0.4) is 0 Å². The Labute approximate surface area is 182 Å². The highest BCUT2D eigenvalue weighted by Gasteiger charge is 2.20. The molecule has 2 aromatic rings. The van der Waals surface area contributed by atoms with E-state index in [2.05, 4.69) is 25.3 Å². The molecule has 1 aromatic heterocycles. The van der Waals surface area contributed by atoms with Crippen molar-refractivity contribution in [2.45, 2.75) is 13.1 Å². The van der Waals surface area contributed by atoms with Crippen LogP contribution in [0.1, 0.15) is 11.3 Å². The highest BCUT2D eigenvalue weighted by Crippen LogP contribution is 2.18. The second kappa shape index (κ2) is 10.6. The standard InChI is InChI=1S/C19H27FN6O.HI/c1-21-19(22-13-15-4-5-18(24(2)3)17(20)12-15)26-9-7-25(8-10-26)14-16-6-11-27-23-16;/h4-6,11-12H,7-10,13-14H2,1-3H3,(H,21,22);1H. The van der Waals surface area contributed by atoms with Crippen LogP contribution in [0.4, 0.5) is 10.1 Å². The van der Waals surface area contributed by atoms with Crippen molar-refractivity contribution < 1.29 is 8.91 Å². The number of guanidine groups is 1. The topological polar surface area (TPSA) is 60.1 Å². The van der Waals surface area contributed by atoms with Gasteiger partial charge in [0.05, 0.1) is 11.4 Å². The summed E-state index contributed by atoms with van der Waals surface area (Å²) in [5.41, 5.74) is 2.43. The highest BCUT2D eigenvalue weighted by molar-refractivity contribution is 14.0. The first-order valence-corrected chi connectivity index (χ1v) is 9.10. The van der Waals surface area contributed by atoms with E-state index in [1.165, 1.54) is 0 Å². The SMILES string of the molecule is CN=C(NCc1ccc(N(C)C)c(F)c1)N1CCN(Cc2ccon2)CC1.I. The van der Waals surface area contributed by atoms with Gasteiger partial charge in [-0.2, -0.15) is 0 Å². The molecule has 9 heteroatoms. The zero-order chi connectivity index (χ0) is 19.2. The molecule has 3 rings (SSSR count). The Hall–Kier alpha value is -1.88. The minimum atomic E-state index is -0.212. The van der Waals surface area contributed by atoms with E-state index >= 15 is 0 Å². The summed E-state index contributed by atoms with van der Waals surface area (Å²) < 4.78 is 19.0. The number of aliphatic imine (C=N–C) groups is 1. The van der Waals surface area contributed by atoms with Crippen molar-refractivity contribution in [2.75, 3.05) is 52.2 Å². The smallest absolute Gasteiger partial charge is 0.194 e. The maximum Gasteiger partial charge on any atom is 0.194 e. The molecule has 154 valence electrons. The van der Waals surface area contributed by atoms with Gasteiger partial charge in [-0.15, -0.1) is 24.0 Å². The maximum atomic E-state index is 14.1. The number of halogens is 2. The van der Waals surface area contributed by atoms with Gasteiger partial charge in [0.1, 0.15) is 12.1 Å². The van der Waals surface area contributed by atoms with Gasteiger partial charge in [-0.1, -0.05) is 11.2 Å². The number of benzene rings is 1. The molecule has 0 aliphatic carbocycles. The van der Waals surface area contributed by atoms with Crippen molar-refractivity contribution in [2.24, 2.45) is 4.99 Å². The van der Waals surface area contributed by atoms with Gasteiger partial charge >= 0.3 is 0 Å². The van der Waals surface area contributed by atoms with Gasteiger partial charge in [0.15, 0.2) is 5.96 Å². The largest absolute Gasteiger partial charge is 0.375 e. The predicted molar refractivity (Wildman–Crippen MR) is 120 cm³/mol. The molecular weight excluding hydrogens is 474 g/mol. The fourth-order valence-electron chi connectivity index (χ4n) is 3.20. The van der Waals surface area contributed by atoms with E-state index < -0.39 is 0 Å². The average molecular weight is 502 g/mol. The first-order chi connectivity index (χ1) is 13.1. The highest BCUT2D eigenvalue weighted by atomic mass is 127. The summed E-state index contributed by atoms with van der Waals surface area (Å²) in [5.74, 6) is 0.629. The predicted octanol–water partition coefficient (Wildman–Crippen LogP) is 2.39. The van der Waals surface area contributed by atoms with Crippen molar-refractivity contribution in [3.05, 3.63) is 47.6 Å². The molecule has 7 nitrogen and oxygen atoms in total. The van der Waals surface area contributed by atoms with Crippen molar-refractivity contribution in [3.8, 4) is 0 Å². The summed E-state index contributed by atoms with van der Waals surface area (Å²) >= 11 is 0. The number of hydrogen-bond acceptors (Lipinski definition) is 5. The molecule has 1 fully saturated rings. The lowest BCUT2D eigenvalue weighted by atomic mass is 10.2. The van der Waals surface area contributed by atoms with Crippen molar-refractivity contribution >= 4 is 35.6 Å². The first kappa shape index (κ1) is 22.4. The Bertz CT molecular complexity index is 760. The Morgan fingerprint density at radius 1 is 1.25 bits per heavy atom. The summed E-state index contributed by atoms with van der Waals surface area (Å²) in [6.45, 7) is 4.96. The lowest BCUT2D eigenvalue weighted by Gasteiger charge is -2.36. The number of nitrogens with zero attached hydrogens (tertiary/aromatic N) is 5. The number of aromatic nitrogens is 1. The minimum absolute atomic E-state index is 0. The quantitative estimate of drug-likeness (QED) is 0.385. The van der Waals surface area contributed by atoms with E-state index in [9.17, 15) is 4.39 Å². The number of anilines is 1. The normalized spacial score (nSPS) is 15.3. The van der Waals surface area contributed by atoms with Crippen LogP contribution >= 0.6 is 24.0 Å². The molecule has 1 N–H and O–H groups in total. The Morgan fingerprint density at radius 3 is 2.57 bits per heavy atom. The molecule has 0 spiro atoms. The van der Waals surface area contributed by atoms with Gasteiger partial charge in [0, 0.05) is 66.5 Å². The maximum absolute atomic E-state index is 14.1. The summed E-state index contributed by atoms with van der Waals surface area (Å²) in [5, 5.41) is 7.31. The van der Waals surface area contributed by atoms with Gasteiger partial charge in [0.25, 0.3) is 0 Å². The lowest BCUT2D eigenvalue weighted by molar-refractivity contribution is 0.169. The monoisotopic (exact) mass is 502 g/mol. The molecule has 0 unspecified atom stereocenters. The number of rotatable bonds is 5. The van der Waals surface area contributed by atoms with Crippen LogP contribution in [0.2, 0.25) is 0 Å². The van der Waals surface area contributed by atoms with E-state index in [1.807, 2.05) is 26.2 Å². The third kappa shape index (κ3) is 5.81. The zero-order valence-electron chi connectivity index (χ0n) is 16.6. The van der Waals surface area contributed by atoms with E-state index in [4.69, 9.17) is 4.52 Å². The first-order valence-electron chi connectivity index (χ1n) is 9.10. The van der Waals surface area contributed by atoms with E-state index in [1.54, 1.807) is 30.3 Å². The molecule has 0 bridgehead atoms. The number of hydrogen-bond donors (Lipinski definition) is 1. The Balaban J connectivity index is 0.00000280. The summed E-state index contributed by atoms with van der Waals surface area (Å²) in [4.78, 5) is 10.7. The molecule has 1 aliphatic heterocycles. The second-order valence-corrected chi connectivity index (χ2v) is 6.83. The molecule has 28 heavy (non-hydrogen) atoms. The zero-order valence-corrected chi connectivity index (χ0v) is 18.9. The molecule has 0 amide bonds. The van der Waals surface area contributed by atoms with Crippen LogP contribution in [-0.4, -0.2) is 68.2 Å². The minimum Gasteiger partial charge on any atom is -0.375 e. The molecule has 0 radical (unpaired) electrons. The van der Waals surface area contributed by atoms with Crippen LogP contribution in [-0.2, 0) is 13.1 Å². The van der Waals surface area contributed by atoms with Crippen LogP contribution in [0, 0.1) is 5.82 Å². The van der Waals surface area contributed by atoms with Crippen molar-refractivity contribution in [1.82, 2.24) is 20.3 Å².